The van der Waals surface area contributed by atoms with Crippen LogP contribution in [0.4, 0.5) is 4.79 Å². The lowest BCUT2D eigenvalue weighted by atomic mass is 9.98. The highest BCUT2D eigenvalue weighted by Crippen LogP contribution is 2.42. The summed E-state index contributed by atoms with van der Waals surface area (Å²) in [5.74, 6) is 2.35. The molecule has 2 N–H and O–H groups in total. The van der Waals surface area contributed by atoms with E-state index in [1.165, 1.54) is 37.9 Å². The average Bonchev–Trinajstić information content (AvgIpc) is 3.59. The molecule has 0 atom stereocenters. The Kier molecular flexibility index (Phi) is 8.67. The summed E-state index contributed by atoms with van der Waals surface area (Å²) in [6.07, 6.45) is 4.59. The number of phenolic OH excluding ortho intramolecular Hbond substituents is 1. The molecule has 220 valence electrons. The molecule has 0 saturated carbocycles. The minimum atomic E-state index is -0.120. The summed E-state index contributed by atoms with van der Waals surface area (Å²) < 4.78 is 18.7. The maximum Gasteiger partial charge on any atom is 0.320 e. The van der Waals surface area contributed by atoms with Crippen LogP contribution in [0.1, 0.15) is 30.4 Å². The molecule has 0 unspecified atom stereocenters. The Bertz CT molecular complexity index is 1530. The number of likely N-dealkylation sites (tertiary alicyclic amines) is 1. The van der Waals surface area contributed by atoms with Gasteiger partial charge in [-0.1, -0.05) is 12.5 Å². The third kappa shape index (κ3) is 6.42. The zero-order chi connectivity index (χ0) is 28.9. The van der Waals surface area contributed by atoms with E-state index in [1.54, 1.807) is 29.4 Å². The maximum absolute atomic E-state index is 11.9. The Morgan fingerprint density at radius 1 is 0.929 bits per heavy atom. The Morgan fingerprint density at radius 2 is 1.76 bits per heavy atom. The van der Waals surface area contributed by atoms with Crippen molar-refractivity contribution in [3.8, 4) is 33.4 Å². The molecule has 2 amide bonds. The Balaban J connectivity index is 1.20. The molecule has 3 aromatic carbocycles. The number of ether oxygens (including phenoxy) is 3. The van der Waals surface area contributed by atoms with Crippen LogP contribution in [0.5, 0.6) is 23.0 Å². The van der Waals surface area contributed by atoms with E-state index in [4.69, 9.17) is 14.2 Å². The number of carbonyl (C=O) groups is 1. The number of thiophene rings is 1. The van der Waals surface area contributed by atoms with Crippen LogP contribution in [0.25, 0.3) is 20.5 Å². The molecule has 0 radical (unpaired) electrons. The fourth-order valence-electron chi connectivity index (χ4n) is 5.65. The molecular weight excluding hydrogens is 550 g/mol. The number of carbonyl (C=O) groups excluding carboxylic acids is 1. The van der Waals surface area contributed by atoms with Crippen molar-refractivity contribution in [2.45, 2.75) is 25.7 Å². The lowest BCUT2D eigenvalue weighted by molar-refractivity contribution is 0.154. The Morgan fingerprint density at radius 3 is 2.52 bits per heavy atom. The molecule has 9 heteroatoms. The second-order valence-electron chi connectivity index (χ2n) is 10.8. The highest BCUT2D eigenvalue weighted by atomic mass is 32.1. The number of rotatable bonds is 11. The highest BCUT2D eigenvalue weighted by molar-refractivity contribution is 7.22. The standard InChI is InChI=1S/C33H37N3O5S/c1-39-30-20-23(5-12-29(30)41-22-36-16-13-34-33(36)38)19-28-27-11-8-25(37)21-31(27)42-32(28)24-6-9-26(10-7-24)40-18-17-35-14-3-2-4-15-35/h5-12,20-21,37H,2-4,13-19,22H2,1H3,(H,34,38). The molecule has 8 nitrogen and oxygen atoms in total. The first-order valence-corrected chi connectivity index (χ1v) is 15.4. The third-order valence-electron chi connectivity index (χ3n) is 7.95. The number of amides is 2. The van der Waals surface area contributed by atoms with Gasteiger partial charge in [0.15, 0.2) is 18.2 Å². The first-order chi connectivity index (χ1) is 20.6. The number of hydrogen-bond donors (Lipinski definition) is 2. The number of fused-ring (bicyclic) bond motifs is 1. The molecule has 0 aliphatic carbocycles. The zero-order valence-electron chi connectivity index (χ0n) is 23.9. The topological polar surface area (TPSA) is 83.5 Å². The van der Waals surface area contributed by atoms with Crippen LogP contribution >= 0.6 is 11.3 Å². The van der Waals surface area contributed by atoms with E-state index in [-0.39, 0.29) is 18.5 Å². The number of nitrogens with one attached hydrogen (secondary N) is 1. The molecule has 3 heterocycles. The summed E-state index contributed by atoms with van der Waals surface area (Å²) >= 11 is 1.68. The number of benzene rings is 3. The average molecular weight is 588 g/mol. The second-order valence-corrected chi connectivity index (χ2v) is 11.8. The fraction of sp³-hybridized carbons (Fsp3) is 0.364. The Hall–Kier alpha value is -3.95. The summed E-state index contributed by atoms with van der Waals surface area (Å²) in [6, 6.07) is 19.7. The summed E-state index contributed by atoms with van der Waals surface area (Å²) in [7, 11) is 1.62. The van der Waals surface area contributed by atoms with E-state index in [2.05, 4.69) is 22.3 Å². The van der Waals surface area contributed by atoms with Crippen molar-refractivity contribution in [1.82, 2.24) is 15.1 Å². The first kappa shape index (κ1) is 28.2. The van der Waals surface area contributed by atoms with Crippen molar-refractivity contribution in [2.24, 2.45) is 0 Å². The van der Waals surface area contributed by atoms with Gasteiger partial charge < -0.3 is 24.6 Å². The Labute approximate surface area is 250 Å². The lowest BCUT2D eigenvalue weighted by Gasteiger charge is -2.26. The van der Waals surface area contributed by atoms with Crippen LogP contribution in [-0.2, 0) is 6.42 Å². The molecule has 2 saturated heterocycles. The van der Waals surface area contributed by atoms with Crippen LogP contribution in [0.2, 0.25) is 0 Å². The minimum absolute atomic E-state index is 0.120. The molecule has 2 fully saturated rings. The molecule has 2 aliphatic rings. The summed E-state index contributed by atoms with van der Waals surface area (Å²) in [4.78, 5) is 17.1. The smallest absolute Gasteiger partial charge is 0.320 e. The lowest BCUT2D eigenvalue weighted by Crippen LogP contribution is -2.33. The van der Waals surface area contributed by atoms with E-state index in [9.17, 15) is 9.90 Å². The van der Waals surface area contributed by atoms with E-state index < -0.39 is 0 Å². The number of aromatic hydroxyl groups is 1. The number of hydrogen-bond acceptors (Lipinski definition) is 7. The van der Waals surface area contributed by atoms with Gasteiger partial charge in [-0.2, -0.15) is 0 Å². The zero-order valence-corrected chi connectivity index (χ0v) is 24.8. The van der Waals surface area contributed by atoms with Crippen molar-refractivity contribution in [2.75, 3.05) is 53.2 Å². The van der Waals surface area contributed by atoms with Crippen molar-refractivity contribution in [3.63, 3.8) is 0 Å². The number of piperidine rings is 1. The van der Waals surface area contributed by atoms with Gasteiger partial charge in [0.1, 0.15) is 18.1 Å². The van der Waals surface area contributed by atoms with Gasteiger partial charge >= 0.3 is 6.03 Å². The fourth-order valence-corrected chi connectivity index (χ4v) is 6.91. The van der Waals surface area contributed by atoms with Crippen LogP contribution in [0.3, 0.4) is 0 Å². The first-order valence-electron chi connectivity index (χ1n) is 14.6. The van der Waals surface area contributed by atoms with Gasteiger partial charge in [0.2, 0.25) is 0 Å². The van der Waals surface area contributed by atoms with E-state index >= 15 is 0 Å². The molecule has 0 spiro atoms. The molecule has 0 bridgehead atoms. The van der Waals surface area contributed by atoms with Gasteiger partial charge in [0, 0.05) is 29.2 Å². The van der Waals surface area contributed by atoms with Crippen molar-refractivity contribution < 1.29 is 24.1 Å². The van der Waals surface area contributed by atoms with Gasteiger partial charge in [-0.3, -0.25) is 9.80 Å². The third-order valence-corrected chi connectivity index (χ3v) is 9.19. The summed E-state index contributed by atoms with van der Waals surface area (Å²) in [5, 5.41) is 14.1. The minimum Gasteiger partial charge on any atom is -0.508 e. The molecule has 42 heavy (non-hydrogen) atoms. The van der Waals surface area contributed by atoms with Crippen LogP contribution in [0, 0.1) is 0 Å². The summed E-state index contributed by atoms with van der Waals surface area (Å²) in [5.41, 5.74) is 3.38. The maximum atomic E-state index is 11.9. The molecule has 4 aromatic rings. The number of nitrogens with zero attached hydrogens (tertiary/aromatic N) is 2. The molecule has 6 rings (SSSR count). The molecule has 1 aromatic heterocycles. The van der Waals surface area contributed by atoms with Crippen molar-refractivity contribution in [3.05, 3.63) is 71.8 Å². The van der Waals surface area contributed by atoms with Crippen LogP contribution < -0.4 is 19.5 Å². The summed E-state index contributed by atoms with van der Waals surface area (Å²) in [6.45, 7) is 5.42. The van der Waals surface area contributed by atoms with Crippen molar-refractivity contribution in [1.29, 1.82) is 0 Å². The predicted molar refractivity (Wildman–Crippen MR) is 166 cm³/mol. The van der Waals surface area contributed by atoms with E-state index in [0.29, 0.717) is 37.6 Å². The second kappa shape index (κ2) is 12.9. The SMILES string of the molecule is COc1cc(Cc2c(-c3ccc(OCCN4CCCCC4)cc3)sc3cc(O)ccc23)ccc1OCN1CCNC1=O. The quantitative estimate of drug-likeness (QED) is 0.221. The van der Waals surface area contributed by atoms with Gasteiger partial charge in [-0.25, -0.2) is 4.79 Å². The van der Waals surface area contributed by atoms with Gasteiger partial charge in [-0.15, -0.1) is 11.3 Å². The van der Waals surface area contributed by atoms with Gasteiger partial charge in [0.25, 0.3) is 0 Å². The van der Waals surface area contributed by atoms with Gasteiger partial charge in [0.05, 0.1) is 7.11 Å². The van der Waals surface area contributed by atoms with Crippen LogP contribution in [0.15, 0.2) is 60.7 Å². The highest BCUT2D eigenvalue weighted by Gasteiger charge is 2.21. The van der Waals surface area contributed by atoms with E-state index in [0.717, 1.165) is 38.4 Å². The molecular formula is C33H37N3O5S. The molecule has 2 aliphatic heterocycles. The predicted octanol–water partition coefficient (Wildman–Crippen LogP) is 6.10. The monoisotopic (exact) mass is 587 g/mol. The normalized spacial score (nSPS) is 15.6. The number of urea groups is 1. The van der Waals surface area contributed by atoms with Gasteiger partial charge in [-0.05, 0) is 109 Å². The largest absolute Gasteiger partial charge is 0.508 e. The number of methoxy groups -OCH3 is 1. The van der Waals surface area contributed by atoms with E-state index in [1.807, 2.05) is 42.5 Å². The van der Waals surface area contributed by atoms with Crippen molar-refractivity contribution >= 4 is 27.5 Å². The number of phenols is 1. The van der Waals surface area contributed by atoms with Crippen LogP contribution in [-0.4, -0.2) is 74.1 Å².